The van der Waals surface area contributed by atoms with Crippen LogP contribution < -0.4 is 5.32 Å². The minimum atomic E-state index is -1.27. The summed E-state index contributed by atoms with van der Waals surface area (Å²) < 4.78 is 31.9. The quantitative estimate of drug-likeness (QED) is 0.890. The Morgan fingerprint density at radius 2 is 1.96 bits per heavy atom. The van der Waals surface area contributed by atoms with Crippen LogP contribution in [0, 0.1) is 17.6 Å². The number of benzene rings is 2. The lowest BCUT2D eigenvalue weighted by molar-refractivity contribution is 0.0536. The van der Waals surface area contributed by atoms with Crippen LogP contribution in [-0.4, -0.2) is 30.8 Å². The number of ether oxygens (including phenoxy) is 1. The van der Waals surface area contributed by atoms with Crippen LogP contribution in [0.15, 0.2) is 36.4 Å². The van der Waals surface area contributed by atoms with Crippen molar-refractivity contribution in [3.8, 4) is 16.9 Å². The average Bonchev–Trinajstić information content (AvgIpc) is 2.64. The molecule has 1 saturated heterocycles. The molecule has 2 N–H and O–H groups in total. The number of nitrogens with one attached hydrogen (secondary N) is 1. The number of halogens is 2. The van der Waals surface area contributed by atoms with Crippen molar-refractivity contribution in [3.05, 3.63) is 53.6 Å². The molecule has 25 heavy (non-hydrogen) atoms. The van der Waals surface area contributed by atoms with E-state index < -0.39 is 17.4 Å². The molecule has 1 atom stereocenters. The summed E-state index contributed by atoms with van der Waals surface area (Å²) in [6.07, 6.45) is 2.05. The van der Waals surface area contributed by atoms with Crippen molar-refractivity contribution < 1.29 is 23.4 Å². The molecule has 3 rings (SSSR count). The van der Waals surface area contributed by atoms with Crippen molar-refractivity contribution in [1.29, 1.82) is 0 Å². The summed E-state index contributed by atoms with van der Waals surface area (Å²) in [5.41, 5.74) is 1.39. The number of phenols is 1. The summed E-state index contributed by atoms with van der Waals surface area (Å²) in [4.78, 5) is 12.2. The third-order valence-electron chi connectivity index (χ3n) is 4.30. The molecule has 0 saturated carbocycles. The highest BCUT2D eigenvalue weighted by Gasteiger charge is 2.16. The number of carbonyl (C=O) groups excluding carboxylic acids is 1. The van der Waals surface area contributed by atoms with E-state index in [1.54, 1.807) is 24.3 Å². The van der Waals surface area contributed by atoms with Crippen molar-refractivity contribution in [3.63, 3.8) is 0 Å². The summed E-state index contributed by atoms with van der Waals surface area (Å²) in [7, 11) is 0. The van der Waals surface area contributed by atoms with E-state index in [0.29, 0.717) is 35.8 Å². The molecule has 0 aliphatic carbocycles. The fourth-order valence-corrected chi connectivity index (χ4v) is 2.86. The lowest BCUT2D eigenvalue weighted by atomic mass is 10.0. The highest BCUT2D eigenvalue weighted by molar-refractivity contribution is 5.94. The van der Waals surface area contributed by atoms with E-state index in [1.807, 2.05) is 0 Å². The third-order valence-corrected chi connectivity index (χ3v) is 4.30. The molecule has 4 nitrogen and oxygen atoms in total. The van der Waals surface area contributed by atoms with Gasteiger partial charge in [-0.05, 0) is 54.2 Å². The van der Waals surface area contributed by atoms with Gasteiger partial charge < -0.3 is 15.2 Å². The Morgan fingerprint density at radius 1 is 1.20 bits per heavy atom. The molecule has 1 aliphatic rings. The number of amides is 1. The topological polar surface area (TPSA) is 58.6 Å². The standard InChI is InChI=1S/C19H19F2NO3/c20-16-8-15(9-17(23)18(16)21)13-3-5-14(6-4-13)19(24)22-10-12-2-1-7-25-11-12/h3-6,8-9,12,23H,1-2,7,10-11H2,(H,22,24)/t12-/m0/s1. The first-order valence-electron chi connectivity index (χ1n) is 8.19. The summed E-state index contributed by atoms with van der Waals surface area (Å²) >= 11 is 0. The molecule has 1 heterocycles. The van der Waals surface area contributed by atoms with Gasteiger partial charge in [0.2, 0.25) is 0 Å². The maximum absolute atomic E-state index is 13.4. The number of aromatic hydroxyl groups is 1. The number of phenolic OH excluding ortho intramolecular Hbond substituents is 1. The minimum Gasteiger partial charge on any atom is -0.505 e. The van der Waals surface area contributed by atoms with Crippen LogP contribution in [0.1, 0.15) is 23.2 Å². The maximum Gasteiger partial charge on any atom is 0.251 e. The second-order valence-corrected chi connectivity index (χ2v) is 6.16. The molecule has 0 spiro atoms. The fourth-order valence-electron chi connectivity index (χ4n) is 2.86. The van der Waals surface area contributed by atoms with E-state index in [9.17, 15) is 18.7 Å². The number of hydrogen-bond acceptors (Lipinski definition) is 3. The number of carbonyl (C=O) groups is 1. The second kappa shape index (κ2) is 7.61. The summed E-state index contributed by atoms with van der Waals surface area (Å²) in [5, 5.41) is 12.3. The van der Waals surface area contributed by atoms with Gasteiger partial charge in [0.25, 0.3) is 5.91 Å². The van der Waals surface area contributed by atoms with E-state index in [4.69, 9.17) is 4.74 Å². The van der Waals surface area contributed by atoms with Crippen LogP contribution in [0.3, 0.4) is 0 Å². The summed E-state index contributed by atoms with van der Waals surface area (Å²) in [5.74, 6) is -2.99. The zero-order valence-electron chi connectivity index (χ0n) is 13.6. The molecule has 6 heteroatoms. The lowest BCUT2D eigenvalue weighted by Crippen LogP contribution is -2.33. The van der Waals surface area contributed by atoms with E-state index in [0.717, 1.165) is 31.6 Å². The maximum atomic E-state index is 13.4. The van der Waals surface area contributed by atoms with Gasteiger partial charge in [-0.15, -0.1) is 0 Å². The molecule has 2 aromatic rings. The highest BCUT2D eigenvalue weighted by Crippen LogP contribution is 2.28. The van der Waals surface area contributed by atoms with Crippen LogP contribution in [0.2, 0.25) is 0 Å². The predicted octanol–water partition coefficient (Wildman–Crippen LogP) is 3.49. The summed E-state index contributed by atoms with van der Waals surface area (Å²) in [6.45, 7) is 2.02. The lowest BCUT2D eigenvalue weighted by Gasteiger charge is -2.22. The zero-order valence-corrected chi connectivity index (χ0v) is 13.6. The van der Waals surface area contributed by atoms with Gasteiger partial charge in [0.15, 0.2) is 17.4 Å². The first-order valence-corrected chi connectivity index (χ1v) is 8.19. The second-order valence-electron chi connectivity index (χ2n) is 6.16. The Morgan fingerprint density at radius 3 is 2.60 bits per heavy atom. The molecule has 0 aromatic heterocycles. The molecule has 0 radical (unpaired) electrons. The van der Waals surface area contributed by atoms with Crippen LogP contribution in [0.25, 0.3) is 11.1 Å². The Bertz CT molecular complexity index is 733. The number of hydrogen-bond donors (Lipinski definition) is 2. The predicted molar refractivity (Wildman–Crippen MR) is 89.3 cm³/mol. The molecule has 2 aromatic carbocycles. The molecular weight excluding hydrogens is 328 g/mol. The van der Waals surface area contributed by atoms with Crippen molar-refractivity contribution in [2.75, 3.05) is 19.8 Å². The molecule has 0 bridgehead atoms. The first-order chi connectivity index (χ1) is 12.0. The van der Waals surface area contributed by atoms with Crippen LogP contribution in [0.5, 0.6) is 5.75 Å². The largest absolute Gasteiger partial charge is 0.505 e. The Kier molecular flexibility index (Phi) is 5.28. The van der Waals surface area contributed by atoms with Crippen molar-refractivity contribution in [2.45, 2.75) is 12.8 Å². The van der Waals surface area contributed by atoms with Gasteiger partial charge in [0.1, 0.15) is 0 Å². The normalized spacial score (nSPS) is 17.3. The van der Waals surface area contributed by atoms with Crippen LogP contribution >= 0.6 is 0 Å². The molecule has 1 fully saturated rings. The Labute approximate surface area is 144 Å². The molecule has 1 aliphatic heterocycles. The molecule has 0 unspecified atom stereocenters. The van der Waals surface area contributed by atoms with Gasteiger partial charge in [-0.1, -0.05) is 12.1 Å². The van der Waals surface area contributed by atoms with Gasteiger partial charge in [-0.2, -0.15) is 4.39 Å². The van der Waals surface area contributed by atoms with Gasteiger partial charge in [0, 0.05) is 18.7 Å². The number of rotatable bonds is 4. The first kappa shape index (κ1) is 17.4. The fraction of sp³-hybridized carbons (Fsp3) is 0.316. The van der Waals surface area contributed by atoms with Gasteiger partial charge in [-0.25, -0.2) is 4.39 Å². The van der Waals surface area contributed by atoms with Gasteiger partial charge >= 0.3 is 0 Å². The molecule has 1 amide bonds. The van der Waals surface area contributed by atoms with E-state index in [1.165, 1.54) is 0 Å². The van der Waals surface area contributed by atoms with Crippen molar-refractivity contribution >= 4 is 5.91 Å². The Balaban J connectivity index is 1.66. The van der Waals surface area contributed by atoms with Crippen LogP contribution in [-0.2, 0) is 4.74 Å². The molecular formula is C19H19F2NO3. The zero-order chi connectivity index (χ0) is 17.8. The SMILES string of the molecule is O=C(NC[C@@H]1CCCOC1)c1ccc(-c2cc(O)c(F)c(F)c2)cc1. The summed E-state index contributed by atoms with van der Waals surface area (Å²) in [6, 6.07) is 8.64. The monoisotopic (exact) mass is 347 g/mol. The van der Waals surface area contributed by atoms with Crippen LogP contribution in [0.4, 0.5) is 8.78 Å². The minimum absolute atomic E-state index is 0.190. The van der Waals surface area contributed by atoms with Crippen molar-refractivity contribution in [2.24, 2.45) is 5.92 Å². The van der Waals surface area contributed by atoms with Gasteiger partial charge in [0.05, 0.1) is 6.61 Å². The third kappa shape index (κ3) is 4.14. The van der Waals surface area contributed by atoms with E-state index >= 15 is 0 Å². The van der Waals surface area contributed by atoms with Crippen molar-refractivity contribution in [1.82, 2.24) is 5.32 Å². The highest BCUT2D eigenvalue weighted by atomic mass is 19.2. The van der Waals surface area contributed by atoms with E-state index in [-0.39, 0.29) is 5.91 Å². The van der Waals surface area contributed by atoms with Gasteiger partial charge in [-0.3, -0.25) is 4.79 Å². The Hall–Kier alpha value is -2.47. The molecule has 132 valence electrons. The smallest absolute Gasteiger partial charge is 0.251 e. The van der Waals surface area contributed by atoms with E-state index in [2.05, 4.69) is 5.32 Å². The average molecular weight is 347 g/mol.